The van der Waals surface area contributed by atoms with Gasteiger partial charge in [-0.1, -0.05) is 36.0 Å². The van der Waals surface area contributed by atoms with E-state index in [9.17, 15) is 18.7 Å². The first-order valence-electron chi connectivity index (χ1n) is 8.36. The van der Waals surface area contributed by atoms with Crippen molar-refractivity contribution in [2.45, 2.75) is 19.0 Å². The fraction of sp³-hybridized carbons (Fsp3) is 0.200. The van der Waals surface area contributed by atoms with Crippen LogP contribution in [0.1, 0.15) is 18.1 Å². The Morgan fingerprint density at radius 1 is 1.25 bits per heavy atom. The Kier molecular flexibility index (Phi) is 5.69. The van der Waals surface area contributed by atoms with Gasteiger partial charge in [0.25, 0.3) is 0 Å². The van der Waals surface area contributed by atoms with Gasteiger partial charge in [-0.2, -0.15) is 0 Å². The van der Waals surface area contributed by atoms with Crippen molar-refractivity contribution in [2.24, 2.45) is 4.99 Å². The number of carboxylic acid groups (broad SMARTS) is 1. The van der Waals surface area contributed by atoms with Crippen molar-refractivity contribution in [2.75, 3.05) is 7.11 Å². The minimum absolute atomic E-state index is 0.0383. The van der Waals surface area contributed by atoms with E-state index in [2.05, 4.69) is 4.99 Å². The van der Waals surface area contributed by atoms with E-state index in [-0.39, 0.29) is 17.3 Å². The summed E-state index contributed by atoms with van der Waals surface area (Å²) in [6.07, 6.45) is 0.423. The molecular formula is C20H18F2N2O3S. The predicted octanol–water partition coefficient (Wildman–Crippen LogP) is 4.99. The lowest BCUT2D eigenvalue weighted by molar-refractivity contribution is 0.168. The molecule has 0 spiro atoms. The maximum atomic E-state index is 14.3. The van der Waals surface area contributed by atoms with Crippen molar-refractivity contribution in [3.8, 4) is 5.75 Å². The molecule has 0 saturated heterocycles. The Morgan fingerprint density at radius 2 is 1.96 bits per heavy atom. The number of amides is 1. The molecule has 1 heterocycles. The molecule has 146 valence electrons. The summed E-state index contributed by atoms with van der Waals surface area (Å²) in [6.45, 7) is 1.66. The molecule has 2 aromatic rings. The molecule has 2 aromatic carbocycles. The summed E-state index contributed by atoms with van der Waals surface area (Å²) in [6, 6.07) is 10.8. The fourth-order valence-electron chi connectivity index (χ4n) is 2.79. The summed E-state index contributed by atoms with van der Waals surface area (Å²) in [5.74, 6) is -1.32. The van der Waals surface area contributed by atoms with E-state index in [4.69, 9.17) is 4.74 Å². The molecule has 0 unspecified atom stereocenters. The average Bonchev–Trinajstić information content (AvgIpc) is 2.68. The second-order valence-corrected chi connectivity index (χ2v) is 7.15. The first-order chi connectivity index (χ1) is 13.3. The second-order valence-electron chi connectivity index (χ2n) is 6.28. The molecular weight excluding hydrogens is 386 g/mol. The van der Waals surface area contributed by atoms with Crippen molar-refractivity contribution in [3.63, 3.8) is 0 Å². The summed E-state index contributed by atoms with van der Waals surface area (Å²) < 4.78 is 33.1. The Hall–Kier alpha value is -2.87. The van der Waals surface area contributed by atoms with Gasteiger partial charge in [0.2, 0.25) is 0 Å². The van der Waals surface area contributed by atoms with Gasteiger partial charge in [-0.15, -0.1) is 0 Å². The predicted molar refractivity (Wildman–Crippen MR) is 104 cm³/mol. The molecule has 0 radical (unpaired) electrons. The molecule has 1 atom stereocenters. The number of hydrogen-bond acceptors (Lipinski definition) is 4. The number of rotatable bonds is 4. The minimum atomic E-state index is -1.22. The molecule has 1 amide bonds. The van der Waals surface area contributed by atoms with Crippen LogP contribution in [0.2, 0.25) is 0 Å². The smallest absolute Gasteiger partial charge is 0.413 e. The van der Waals surface area contributed by atoms with E-state index >= 15 is 0 Å². The number of halogens is 2. The monoisotopic (exact) mass is 404 g/mol. The van der Waals surface area contributed by atoms with Crippen LogP contribution in [0.25, 0.3) is 0 Å². The zero-order valence-electron chi connectivity index (χ0n) is 15.2. The number of thioether (sulfide) groups is 1. The van der Waals surface area contributed by atoms with Crippen LogP contribution in [0.3, 0.4) is 0 Å². The van der Waals surface area contributed by atoms with Crippen LogP contribution >= 0.6 is 11.8 Å². The zero-order chi connectivity index (χ0) is 20.3. The van der Waals surface area contributed by atoms with E-state index in [0.29, 0.717) is 5.75 Å². The van der Waals surface area contributed by atoms with E-state index in [1.54, 1.807) is 49.8 Å². The Morgan fingerprint density at radius 3 is 2.61 bits per heavy atom. The van der Waals surface area contributed by atoms with E-state index in [1.165, 1.54) is 12.1 Å². The normalized spacial score (nSPS) is 18.5. The molecule has 28 heavy (non-hydrogen) atoms. The molecule has 5 nitrogen and oxygen atoms in total. The third-order valence-corrected chi connectivity index (χ3v) is 5.15. The van der Waals surface area contributed by atoms with Gasteiger partial charge in [-0.25, -0.2) is 18.6 Å². The molecule has 1 aliphatic rings. The van der Waals surface area contributed by atoms with Crippen LogP contribution in [-0.2, 0) is 12.1 Å². The number of carbonyl (C=O) groups is 1. The van der Waals surface area contributed by atoms with Crippen molar-refractivity contribution >= 4 is 23.0 Å². The summed E-state index contributed by atoms with van der Waals surface area (Å²) >= 11 is 1.11. The van der Waals surface area contributed by atoms with Crippen molar-refractivity contribution in [3.05, 3.63) is 76.7 Å². The van der Waals surface area contributed by atoms with Gasteiger partial charge >= 0.3 is 6.09 Å². The highest BCUT2D eigenvalue weighted by Crippen LogP contribution is 2.36. The number of ether oxygens (including phenoxy) is 1. The molecule has 0 aromatic heterocycles. The summed E-state index contributed by atoms with van der Waals surface area (Å²) in [5, 5.41) is 11.5. The molecule has 0 fully saturated rings. The van der Waals surface area contributed by atoms with Crippen LogP contribution in [-0.4, -0.2) is 28.4 Å². The largest absolute Gasteiger partial charge is 0.497 e. The van der Waals surface area contributed by atoms with Gasteiger partial charge in [0.1, 0.15) is 11.3 Å². The van der Waals surface area contributed by atoms with Crippen LogP contribution in [0, 0.1) is 11.6 Å². The van der Waals surface area contributed by atoms with E-state index in [0.717, 1.165) is 28.3 Å². The van der Waals surface area contributed by atoms with Gasteiger partial charge in [-0.05, 0) is 42.2 Å². The van der Waals surface area contributed by atoms with Crippen LogP contribution in [0.4, 0.5) is 13.6 Å². The number of nitrogens with zero attached hydrogens (tertiary/aromatic N) is 2. The quantitative estimate of drug-likeness (QED) is 0.780. The highest BCUT2D eigenvalue weighted by atomic mass is 32.2. The lowest BCUT2D eigenvalue weighted by Crippen LogP contribution is -2.36. The molecule has 1 aliphatic heterocycles. The van der Waals surface area contributed by atoms with E-state index in [1.807, 2.05) is 0 Å². The first-order valence-corrected chi connectivity index (χ1v) is 9.24. The highest BCUT2D eigenvalue weighted by Gasteiger charge is 2.33. The molecule has 0 saturated carbocycles. The number of aliphatic imine (C=N–C) groups is 1. The third-order valence-electron chi connectivity index (χ3n) is 4.35. The van der Waals surface area contributed by atoms with Crippen LogP contribution in [0.5, 0.6) is 5.75 Å². The lowest BCUT2D eigenvalue weighted by atomic mass is 9.92. The SMILES string of the molecule is COc1ccc(CN(C(=O)O)C2=N[C@](C)(c3cccc(F)c3F)C=CS2)cc1. The average molecular weight is 404 g/mol. The van der Waals surface area contributed by atoms with Gasteiger partial charge in [0.05, 0.1) is 13.7 Å². The molecule has 8 heteroatoms. The molecule has 0 bridgehead atoms. The fourth-order valence-corrected chi connectivity index (χ4v) is 3.76. The third kappa shape index (κ3) is 4.01. The van der Waals surface area contributed by atoms with Gasteiger partial charge in [0.15, 0.2) is 16.8 Å². The highest BCUT2D eigenvalue weighted by molar-refractivity contribution is 8.16. The zero-order valence-corrected chi connectivity index (χ0v) is 16.0. The maximum Gasteiger partial charge on any atom is 0.413 e. The van der Waals surface area contributed by atoms with Crippen molar-refractivity contribution < 1.29 is 23.4 Å². The summed E-state index contributed by atoms with van der Waals surface area (Å²) in [4.78, 5) is 17.4. The minimum Gasteiger partial charge on any atom is -0.497 e. The molecule has 0 aliphatic carbocycles. The second kappa shape index (κ2) is 8.02. The molecule has 3 rings (SSSR count). The van der Waals surface area contributed by atoms with Crippen molar-refractivity contribution in [1.29, 1.82) is 0 Å². The van der Waals surface area contributed by atoms with Gasteiger partial charge in [0, 0.05) is 5.56 Å². The first kappa shape index (κ1) is 19.9. The number of methoxy groups -OCH3 is 1. The Balaban J connectivity index is 1.94. The van der Waals surface area contributed by atoms with Crippen molar-refractivity contribution in [1.82, 2.24) is 4.90 Å². The van der Waals surface area contributed by atoms with E-state index < -0.39 is 23.3 Å². The van der Waals surface area contributed by atoms with Gasteiger partial charge in [-0.3, -0.25) is 4.90 Å². The molecule has 1 N–H and O–H groups in total. The van der Waals surface area contributed by atoms with Crippen LogP contribution in [0.15, 0.2) is 58.9 Å². The standard InChI is InChI=1S/C20H18F2N2O3S/c1-20(15-4-3-5-16(21)17(15)22)10-11-28-18(23-20)24(19(25)26)12-13-6-8-14(27-2)9-7-13/h3-11H,12H2,1-2H3,(H,25,26)/t20-/m0/s1. The number of hydrogen-bond donors (Lipinski definition) is 1. The Bertz CT molecular complexity index is 947. The number of amidine groups is 1. The summed E-state index contributed by atoms with van der Waals surface area (Å²) in [5.41, 5.74) is -0.448. The maximum absolute atomic E-state index is 14.3. The van der Waals surface area contributed by atoms with Gasteiger partial charge < -0.3 is 9.84 Å². The topological polar surface area (TPSA) is 62.1 Å². The lowest BCUT2D eigenvalue weighted by Gasteiger charge is -2.30. The Labute approximate surface area is 165 Å². The van der Waals surface area contributed by atoms with Crippen LogP contribution < -0.4 is 4.74 Å². The number of benzene rings is 2. The summed E-state index contributed by atoms with van der Waals surface area (Å²) in [7, 11) is 1.55.